The summed E-state index contributed by atoms with van der Waals surface area (Å²) < 4.78 is 1.22. The maximum absolute atomic E-state index is 12.5. The van der Waals surface area contributed by atoms with Crippen molar-refractivity contribution in [3.8, 4) is 11.1 Å². The highest BCUT2D eigenvalue weighted by Crippen LogP contribution is 2.21. The Kier molecular flexibility index (Phi) is 3.90. The van der Waals surface area contributed by atoms with Crippen molar-refractivity contribution in [1.82, 2.24) is 9.55 Å². The minimum atomic E-state index is -0.468. The third kappa shape index (κ3) is 2.49. The maximum Gasteiger partial charge on any atom is 0.329 e. The second-order valence-corrected chi connectivity index (χ2v) is 4.80. The number of nitrogens with zero attached hydrogens (tertiary/aromatic N) is 1. The van der Waals surface area contributed by atoms with Gasteiger partial charge in [0, 0.05) is 6.04 Å². The fraction of sp³-hybridized carbons (Fsp3) is 0.286. The Bertz CT molecular complexity index is 689. The van der Waals surface area contributed by atoms with Gasteiger partial charge in [-0.3, -0.25) is 14.3 Å². The van der Waals surface area contributed by atoms with E-state index >= 15 is 0 Å². The zero-order chi connectivity index (χ0) is 14.0. The van der Waals surface area contributed by atoms with Crippen molar-refractivity contribution in [2.24, 2.45) is 0 Å². The van der Waals surface area contributed by atoms with Gasteiger partial charge in [0.05, 0.1) is 5.56 Å². The summed E-state index contributed by atoms with van der Waals surface area (Å²) in [5, 5.41) is 0.0840. The molecule has 2 rings (SSSR count). The fourth-order valence-electron chi connectivity index (χ4n) is 1.96. The molecule has 1 aromatic heterocycles. The maximum atomic E-state index is 12.5. The Morgan fingerprint density at radius 2 is 1.89 bits per heavy atom. The molecule has 0 saturated heterocycles. The van der Waals surface area contributed by atoms with Crippen LogP contribution < -0.4 is 11.2 Å². The Labute approximate surface area is 115 Å². The van der Waals surface area contributed by atoms with Crippen molar-refractivity contribution in [2.75, 3.05) is 0 Å². The SMILES string of the molecule is CCC(C)n1c(=O)[nH]c(Cl)c(-c2ccccc2)c1=O. The summed E-state index contributed by atoms with van der Waals surface area (Å²) in [5.41, 5.74) is 0.214. The second-order valence-electron chi connectivity index (χ2n) is 4.42. The highest BCUT2D eigenvalue weighted by molar-refractivity contribution is 6.32. The number of rotatable bonds is 3. The van der Waals surface area contributed by atoms with Gasteiger partial charge in [-0.15, -0.1) is 0 Å². The van der Waals surface area contributed by atoms with Crippen molar-refractivity contribution in [2.45, 2.75) is 26.3 Å². The first-order chi connectivity index (χ1) is 9.06. The van der Waals surface area contributed by atoms with Crippen LogP contribution in [0.25, 0.3) is 11.1 Å². The number of nitrogens with one attached hydrogen (secondary N) is 1. The molecule has 2 aromatic rings. The summed E-state index contributed by atoms with van der Waals surface area (Å²) in [6.45, 7) is 3.76. The van der Waals surface area contributed by atoms with Crippen LogP contribution in [0, 0.1) is 0 Å². The normalized spacial score (nSPS) is 12.4. The Morgan fingerprint density at radius 1 is 1.26 bits per heavy atom. The van der Waals surface area contributed by atoms with Gasteiger partial charge in [-0.25, -0.2) is 4.79 Å². The molecule has 1 aromatic carbocycles. The van der Waals surface area contributed by atoms with Crippen LogP contribution in [0.15, 0.2) is 39.9 Å². The molecule has 0 spiro atoms. The lowest BCUT2D eigenvalue weighted by Crippen LogP contribution is -2.38. The summed E-state index contributed by atoms with van der Waals surface area (Å²) in [5.74, 6) is 0. The number of hydrogen-bond donors (Lipinski definition) is 1. The topological polar surface area (TPSA) is 54.9 Å². The number of H-pyrrole nitrogens is 1. The van der Waals surface area contributed by atoms with E-state index in [2.05, 4.69) is 4.98 Å². The average Bonchev–Trinajstić information content (AvgIpc) is 2.39. The molecular weight excluding hydrogens is 264 g/mol. The van der Waals surface area contributed by atoms with Crippen molar-refractivity contribution < 1.29 is 0 Å². The van der Waals surface area contributed by atoms with Crippen molar-refractivity contribution >= 4 is 11.6 Å². The first kappa shape index (κ1) is 13.6. The first-order valence-electron chi connectivity index (χ1n) is 6.16. The zero-order valence-electron chi connectivity index (χ0n) is 10.8. The number of aromatic nitrogens is 2. The Morgan fingerprint density at radius 3 is 2.47 bits per heavy atom. The minimum absolute atomic E-state index is 0.0840. The van der Waals surface area contributed by atoms with Crippen LogP contribution in [0.4, 0.5) is 0 Å². The molecule has 5 heteroatoms. The Balaban J connectivity index is 2.77. The van der Waals surface area contributed by atoms with Gasteiger partial charge in [-0.05, 0) is 18.9 Å². The molecule has 0 saturated carbocycles. The van der Waals surface area contributed by atoms with Crippen molar-refractivity contribution in [3.63, 3.8) is 0 Å². The molecule has 0 aliphatic carbocycles. The van der Waals surface area contributed by atoms with E-state index in [1.807, 2.05) is 32.0 Å². The monoisotopic (exact) mass is 278 g/mol. The van der Waals surface area contributed by atoms with Crippen LogP contribution in [-0.2, 0) is 0 Å². The first-order valence-corrected chi connectivity index (χ1v) is 6.53. The predicted molar refractivity (Wildman–Crippen MR) is 76.8 cm³/mol. The van der Waals surface area contributed by atoms with E-state index in [4.69, 9.17) is 11.6 Å². The van der Waals surface area contributed by atoms with Gasteiger partial charge >= 0.3 is 5.69 Å². The van der Waals surface area contributed by atoms with Gasteiger partial charge in [-0.2, -0.15) is 0 Å². The predicted octanol–water partition coefficient (Wildman–Crippen LogP) is 2.83. The highest BCUT2D eigenvalue weighted by Gasteiger charge is 2.17. The standard InChI is InChI=1S/C14H15ClN2O2/c1-3-9(2)17-13(18)11(12(15)16-14(17)19)10-7-5-4-6-8-10/h4-9H,3H2,1-2H3,(H,16,19). The molecule has 19 heavy (non-hydrogen) atoms. The largest absolute Gasteiger partial charge is 0.329 e. The summed E-state index contributed by atoms with van der Waals surface area (Å²) in [4.78, 5) is 26.9. The number of benzene rings is 1. The molecule has 4 nitrogen and oxygen atoms in total. The van der Waals surface area contributed by atoms with E-state index in [-0.39, 0.29) is 16.8 Å². The third-order valence-corrected chi connectivity index (χ3v) is 3.47. The quantitative estimate of drug-likeness (QED) is 0.878. The van der Waals surface area contributed by atoms with Crippen LogP contribution in [0.2, 0.25) is 5.15 Å². The molecule has 0 aliphatic heterocycles. The van der Waals surface area contributed by atoms with E-state index in [1.165, 1.54) is 4.57 Å². The average molecular weight is 279 g/mol. The van der Waals surface area contributed by atoms with Crippen LogP contribution in [0.3, 0.4) is 0 Å². The number of hydrogen-bond acceptors (Lipinski definition) is 2. The molecular formula is C14H15ClN2O2. The van der Waals surface area contributed by atoms with Crippen molar-refractivity contribution in [3.05, 3.63) is 56.3 Å². The summed E-state index contributed by atoms with van der Waals surface area (Å²) in [6, 6.07) is 8.92. The van der Waals surface area contributed by atoms with E-state index in [1.54, 1.807) is 12.1 Å². The van der Waals surface area contributed by atoms with Crippen LogP contribution in [0.5, 0.6) is 0 Å². The highest BCUT2D eigenvalue weighted by atomic mass is 35.5. The lowest BCUT2D eigenvalue weighted by molar-refractivity contribution is 0.491. The van der Waals surface area contributed by atoms with Gasteiger partial charge in [0.1, 0.15) is 5.15 Å². The van der Waals surface area contributed by atoms with Gasteiger partial charge < -0.3 is 0 Å². The van der Waals surface area contributed by atoms with Crippen molar-refractivity contribution in [1.29, 1.82) is 0 Å². The van der Waals surface area contributed by atoms with E-state index < -0.39 is 5.69 Å². The smallest absolute Gasteiger partial charge is 0.297 e. The lowest BCUT2D eigenvalue weighted by Gasteiger charge is -2.14. The molecule has 1 N–H and O–H groups in total. The summed E-state index contributed by atoms with van der Waals surface area (Å²) in [6.07, 6.45) is 0.693. The molecule has 1 heterocycles. The fourth-order valence-corrected chi connectivity index (χ4v) is 2.23. The molecule has 1 unspecified atom stereocenters. The molecule has 0 amide bonds. The molecule has 0 bridgehead atoms. The summed E-state index contributed by atoms with van der Waals surface area (Å²) >= 11 is 6.02. The molecule has 0 aliphatic rings. The minimum Gasteiger partial charge on any atom is -0.297 e. The molecule has 100 valence electrons. The van der Waals surface area contributed by atoms with E-state index in [9.17, 15) is 9.59 Å². The second kappa shape index (κ2) is 5.45. The molecule has 0 radical (unpaired) electrons. The summed E-state index contributed by atoms with van der Waals surface area (Å²) in [7, 11) is 0. The van der Waals surface area contributed by atoms with Gasteiger partial charge in [-0.1, -0.05) is 48.9 Å². The lowest BCUT2D eigenvalue weighted by atomic mass is 10.1. The van der Waals surface area contributed by atoms with Gasteiger partial charge in [0.2, 0.25) is 0 Å². The Hall–Kier alpha value is -1.81. The number of halogens is 1. The van der Waals surface area contributed by atoms with Crippen LogP contribution >= 0.6 is 11.6 Å². The number of aromatic amines is 1. The molecule has 1 atom stereocenters. The van der Waals surface area contributed by atoms with Crippen LogP contribution in [0.1, 0.15) is 26.3 Å². The van der Waals surface area contributed by atoms with Crippen LogP contribution in [-0.4, -0.2) is 9.55 Å². The molecule has 0 fully saturated rings. The van der Waals surface area contributed by atoms with E-state index in [0.717, 1.165) is 0 Å². The van der Waals surface area contributed by atoms with Gasteiger partial charge in [0.25, 0.3) is 5.56 Å². The van der Waals surface area contributed by atoms with Gasteiger partial charge in [0.15, 0.2) is 0 Å². The zero-order valence-corrected chi connectivity index (χ0v) is 11.6. The third-order valence-electron chi connectivity index (χ3n) is 3.18. The van der Waals surface area contributed by atoms with E-state index in [0.29, 0.717) is 17.5 Å².